The van der Waals surface area contributed by atoms with E-state index in [1.807, 2.05) is 72.8 Å². The van der Waals surface area contributed by atoms with Crippen molar-refractivity contribution in [3.05, 3.63) is 116 Å². The lowest BCUT2D eigenvalue weighted by atomic mass is 10.2. The molecule has 0 radical (unpaired) electrons. The van der Waals surface area contributed by atoms with Crippen LogP contribution in [0.2, 0.25) is 0 Å². The Morgan fingerprint density at radius 1 is 0.667 bits per heavy atom. The molecule has 0 unspecified atom stereocenters. The van der Waals surface area contributed by atoms with Gasteiger partial charge in [0.25, 0.3) is 0 Å². The summed E-state index contributed by atoms with van der Waals surface area (Å²) in [7, 11) is 0. The van der Waals surface area contributed by atoms with Crippen molar-refractivity contribution in [2.24, 2.45) is 0 Å². The zero-order valence-corrected chi connectivity index (χ0v) is 12.4. The van der Waals surface area contributed by atoms with E-state index in [-0.39, 0.29) is 0 Å². The lowest BCUT2D eigenvalue weighted by molar-refractivity contribution is 1.66. The second-order valence-electron chi connectivity index (χ2n) is 3.85. The van der Waals surface area contributed by atoms with Crippen molar-refractivity contribution in [2.75, 3.05) is 0 Å². The normalized spacial score (nSPS) is 7.62. The van der Waals surface area contributed by atoms with Crippen molar-refractivity contribution in [1.82, 2.24) is 0 Å². The van der Waals surface area contributed by atoms with E-state index in [9.17, 15) is 0 Å². The maximum absolute atomic E-state index is 3.63. The highest BCUT2D eigenvalue weighted by Crippen LogP contribution is 1.98. The summed E-state index contributed by atoms with van der Waals surface area (Å²) in [6.07, 6.45) is 6.96. The number of benzene rings is 2. The van der Waals surface area contributed by atoms with Crippen LogP contribution in [0.5, 0.6) is 0 Å². The predicted octanol–water partition coefficient (Wildman–Crippen LogP) is 6.17. The molecule has 0 heterocycles. The van der Waals surface area contributed by atoms with Gasteiger partial charge in [-0.15, -0.1) is 5.73 Å². The first-order valence-electron chi connectivity index (χ1n) is 6.60. The molecule has 0 N–H and O–H groups in total. The van der Waals surface area contributed by atoms with Crippen LogP contribution in [-0.2, 0) is 0 Å². The topological polar surface area (TPSA) is 0 Å². The molecule has 0 aliphatic carbocycles. The second-order valence-corrected chi connectivity index (χ2v) is 3.85. The van der Waals surface area contributed by atoms with Crippen molar-refractivity contribution < 1.29 is 0 Å². The number of rotatable bonds is 3. The third-order valence-corrected chi connectivity index (χ3v) is 2.27. The minimum Gasteiger partial charge on any atom is -0.128 e. The van der Waals surface area contributed by atoms with Crippen LogP contribution in [-0.4, -0.2) is 0 Å². The monoisotopic (exact) mass is 274 g/mol. The molecule has 2 aromatic rings. The molecule has 0 aromatic heterocycles. The molecule has 21 heavy (non-hydrogen) atoms. The van der Waals surface area contributed by atoms with Crippen LogP contribution >= 0.6 is 0 Å². The number of hydrogen-bond donors (Lipinski definition) is 0. The highest BCUT2D eigenvalue weighted by Gasteiger charge is 1.77. The quantitative estimate of drug-likeness (QED) is 0.463. The summed E-state index contributed by atoms with van der Waals surface area (Å²) < 4.78 is 0. The van der Waals surface area contributed by atoms with Gasteiger partial charge >= 0.3 is 0 Å². The molecule has 0 bridgehead atoms. The lowest BCUT2D eigenvalue weighted by Gasteiger charge is -1.85. The Balaban J connectivity index is 0.000000308. The van der Waals surface area contributed by atoms with E-state index in [1.54, 1.807) is 12.2 Å². The number of hydrogen-bond acceptors (Lipinski definition) is 0. The van der Waals surface area contributed by atoms with Crippen molar-refractivity contribution >= 4 is 12.2 Å². The Morgan fingerprint density at radius 2 is 1.10 bits per heavy atom. The molecule has 106 valence electrons. The molecular weight excluding hydrogens is 252 g/mol. The van der Waals surface area contributed by atoms with Gasteiger partial charge in [0.05, 0.1) is 0 Å². The highest BCUT2D eigenvalue weighted by atomic mass is 13.8. The van der Waals surface area contributed by atoms with E-state index in [1.165, 1.54) is 5.56 Å². The molecule has 0 heteroatoms. The van der Waals surface area contributed by atoms with Gasteiger partial charge < -0.3 is 0 Å². The molecule has 0 nitrogen and oxygen atoms in total. The van der Waals surface area contributed by atoms with E-state index in [0.29, 0.717) is 0 Å². The van der Waals surface area contributed by atoms with Crippen molar-refractivity contribution in [1.29, 1.82) is 0 Å². The molecule has 0 amide bonds. The highest BCUT2D eigenvalue weighted by molar-refractivity contribution is 5.47. The van der Waals surface area contributed by atoms with Crippen LogP contribution < -0.4 is 0 Å². The second kappa shape index (κ2) is 13.6. The Bertz CT molecular complexity index is 550. The van der Waals surface area contributed by atoms with Gasteiger partial charge in [0.15, 0.2) is 0 Å². The van der Waals surface area contributed by atoms with E-state index in [4.69, 9.17) is 0 Å². The summed E-state index contributed by atoms with van der Waals surface area (Å²) in [5, 5.41) is 0. The first-order valence-corrected chi connectivity index (χ1v) is 6.60. The first-order chi connectivity index (χ1) is 10.3. The van der Waals surface area contributed by atoms with Crippen molar-refractivity contribution in [3.8, 4) is 0 Å². The fourth-order valence-electron chi connectivity index (χ4n) is 1.26. The average molecular weight is 274 g/mol. The number of allylic oxidation sites excluding steroid dienone is 2. The van der Waals surface area contributed by atoms with Crippen LogP contribution in [0.3, 0.4) is 0 Å². The van der Waals surface area contributed by atoms with E-state index >= 15 is 0 Å². The van der Waals surface area contributed by atoms with Crippen LogP contribution in [0.15, 0.2) is 105 Å². The molecule has 0 atom stereocenters. The predicted molar refractivity (Wildman–Crippen MR) is 97.0 cm³/mol. The van der Waals surface area contributed by atoms with E-state index < -0.39 is 0 Å². The average Bonchev–Trinajstić information content (AvgIpc) is 2.58. The summed E-state index contributed by atoms with van der Waals surface area (Å²) in [6.45, 7) is 13.8. The van der Waals surface area contributed by atoms with Crippen LogP contribution in [0, 0.1) is 0 Å². The zero-order valence-electron chi connectivity index (χ0n) is 12.4. The minimum atomic E-state index is 1.15. The Morgan fingerprint density at radius 3 is 1.38 bits per heavy atom. The molecule has 0 fully saturated rings. The molecule has 0 saturated carbocycles. The smallest absolute Gasteiger partial charge is 0.0133 e. The van der Waals surface area contributed by atoms with E-state index in [2.05, 4.69) is 32.0 Å². The van der Waals surface area contributed by atoms with Crippen LogP contribution in [0.1, 0.15) is 11.1 Å². The maximum Gasteiger partial charge on any atom is -0.0133 e. The van der Waals surface area contributed by atoms with E-state index in [0.717, 1.165) is 5.56 Å². The lowest BCUT2D eigenvalue weighted by Crippen LogP contribution is -1.64. The fraction of sp³-hybridized carbons (Fsp3) is 0. The van der Waals surface area contributed by atoms with Gasteiger partial charge in [-0.3, -0.25) is 0 Å². The molecule has 0 aliphatic heterocycles. The Labute approximate surface area is 128 Å². The first kappa shape index (κ1) is 18.2. The minimum absolute atomic E-state index is 1.15. The molecule has 0 spiro atoms. The van der Waals surface area contributed by atoms with Gasteiger partial charge in [-0.1, -0.05) is 105 Å². The van der Waals surface area contributed by atoms with Gasteiger partial charge in [0.1, 0.15) is 0 Å². The molecule has 0 saturated heterocycles. The van der Waals surface area contributed by atoms with Crippen LogP contribution in [0.4, 0.5) is 0 Å². The Hall–Kier alpha value is -2.82. The summed E-state index contributed by atoms with van der Waals surface area (Å²) in [6, 6.07) is 20.0. The van der Waals surface area contributed by atoms with Crippen LogP contribution in [0.25, 0.3) is 12.2 Å². The van der Waals surface area contributed by atoms with Gasteiger partial charge in [0.2, 0.25) is 0 Å². The van der Waals surface area contributed by atoms with Gasteiger partial charge in [-0.05, 0) is 17.2 Å². The summed E-state index contributed by atoms with van der Waals surface area (Å²) in [5.74, 6) is 0. The van der Waals surface area contributed by atoms with Crippen molar-refractivity contribution in [2.45, 2.75) is 0 Å². The maximum atomic E-state index is 3.63. The summed E-state index contributed by atoms with van der Waals surface area (Å²) in [4.78, 5) is 0. The molecule has 2 aromatic carbocycles. The third kappa shape index (κ3) is 10.8. The van der Waals surface area contributed by atoms with Gasteiger partial charge in [-0.2, -0.15) is 0 Å². The van der Waals surface area contributed by atoms with Gasteiger partial charge in [-0.25, -0.2) is 0 Å². The SMILES string of the molecule is C=C=Cc1ccccc1.C=CC=C.C=Cc1ccccc1. The Kier molecular flexibility index (Phi) is 11.8. The van der Waals surface area contributed by atoms with Gasteiger partial charge in [0, 0.05) is 0 Å². The van der Waals surface area contributed by atoms with Crippen molar-refractivity contribution in [3.63, 3.8) is 0 Å². The molecule has 2 rings (SSSR count). The standard InChI is InChI=1S/C9H8.C8H8.C4H6/c1-2-6-9-7-4-3-5-8-9;1-2-8-6-4-3-5-7-8;1-3-4-2/h3-8H,1H2;2-7H,1H2;3-4H,1-2H2. The largest absolute Gasteiger partial charge is 0.128 e. The third-order valence-electron chi connectivity index (χ3n) is 2.27. The molecular formula is C21H22. The molecule has 0 aliphatic rings. The summed E-state index contributed by atoms with van der Waals surface area (Å²) in [5.41, 5.74) is 5.03. The summed E-state index contributed by atoms with van der Waals surface area (Å²) >= 11 is 0. The fourth-order valence-corrected chi connectivity index (χ4v) is 1.26. The zero-order chi connectivity index (χ0) is 15.8.